The van der Waals surface area contributed by atoms with Crippen LogP contribution in [-0.2, 0) is 11.8 Å². The normalized spacial score (nSPS) is 17.6. The molecule has 0 aliphatic carbocycles. The number of nitrogens with one attached hydrogen (secondary N) is 1. The van der Waals surface area contributed by atoms with E-state index in [0.29, 0.717) is 30.5 Å². The number of ether oxygens (including phenoxy) is 1. The molecule has 134 valence electrons. The highest BCUT2D eigenvalue weighted by molar-refractivity contribution is 6.04. The van der Waals surface area contributed by atoms with Gasteiger partial charge in [-0.2, -0.15) is 5.10 Å². The lowest BCUT2D eigenvalue weighted by molar-refractivity contribution is -0.0280. The van der Waals surface area contributed by atoms with Gasteiger partial charge in [-0.15, -0.1) is 0 Å². The van der Waals surface area contributed by atoms with Crippen molar-refractivity contribution in [2.75, 3.05) is 19.7 Å². The Hall–Kier alpha value is -3.00. The average molecular weight is 353 g/mol. The molecule has 0 radical (unpaired) electrons. The van der Waals surface area contributed by atoms with Crippen molar-refractivity contribution in [3.8, 4) is 0 Å². The second-order valence-electron chi connectivity index (χ2n) is 6.41. The summed E-state index contributed by atoms with van der Waals surface area (Å²) in [5.41, 5.74) is 0.847. The Kier molecular flexibility index (Phi) is 4.04. The lowest BCUT2D eigenvalue weighted by Crippen LogP contribution is -2.43. The molecule has 3 aromatic rings. The van der Waals surface area contributed by atoms with Gasteiger partial charge in [-0.3, -0.25) is 9.59 Å². The highest BCUT2D eigenvalue weighted by Gasteiger charge is 2.30. The standard InChI is InChI=1S/C18H19N5O3/c1-11-9-22(2)16(19-11)14-10-23(7-8-26-14)18(25)15-12-5-3-4-6-13(12)17(24)21-20-15/h3-6,9,14H,7-8,10H2,1-2H3,(H,21,24). The Morgan fingerprint density at radius 3 is 2.81 bits per heavy atom. The van der Waals surface area contributed by atoms with Crippen LogP contribution >= 0.6 is 0 Å². The minimum Gasteiger partial charge on any atom is -0.367 e. The molecule has 0 spiro atoms. The zero-order valence-electron chi connectivity index (χ0n) is 14.6. The molecule has 0 bridgehead atoms. The highest BCUT2D eigenvalue weighted by atomic mass is 16.5. The summed E-state index contributed by atoms with van der Waals surface area (Å²) in [7, 11) is 1.91. The fourth-order valence-electron chi connectivity index (χ4n) is 3.35. The fourth-order valence-corrected chi connectivity index (χ4v) is 3.35. The van der Waals surface area contributed by atoms with Crippen LogP contribution in [-0.4, -0.2) is 50.3 Å². The molecule has 0 saturated carbocycles. The number of benzene rings is 1. The van der Waals surface area contributed by atoms with E-state index in [9.17, 15) is 9.59 Å². The molecule has 1 saturated heterocycles. The zero-order valence-corrected chi connectivity index (χ0v) is 14.6. The third-order valence-corrected chi connectivity index (χ3v) is 4.57. The number of aromatic amines is 1. The number of carbonyl (C=O) groups is 1. The molecule has 1 aliphatic heterocycles. The number of aromatic nitrogens is 4. The zero-order chi connectivity index (χ0) is 18.3. The molecule has 1 N–H and O–H groups in total. The second-order valence-corrected chi connectivity index (χ2v) is 6.41. The first-order valence-electron chi connectivity index (χ1n) is 8.43. The van der Waals surface area contributed by atoms with Crippen LogP contribution in [0.25, 0.3) is 10.8 Å². The molecule has 8 heteroatoms. The van der Waals surface area contributed by atoms with Crippen molar-refractivity contribution in [3.63, 3.8) is 0 Å². The molecule has 8 nitrogen and oxygen atoms in total. The van der Waals surface area contributed by atoms with Crippen LogP contribution in [0, 0.1) is 6.92 Å². The van der Waals surface area contributed by atoms with Gasteiger partial charge in [0.2, 0.25) is 0 Å². The number of rotatable bonds is 2. The van der Waals surface area contributed by atoms with E-state index in [0.717, 1.165) is 11.5 Å². The number of hydrogen-bond acceptors (Lipinski definition) is 5. The molecule has 1 unspecified atom stereocenters. The van der Waals surface area contributed by atoms with Crippen molar-refractivity contribution in [1.29, 1.82) is 0 Å². The predicted molar refractivity (Wildman–Crippen MR) is 94.9 cm³/mol. The summed E-state index contributed by atoms with van der Waals surface area (Å²) in [4.78, 5) is 31.2. The Bertz CT molecular complexity index is 1040. The number of nitrogens with zero attached hydrogens (tertiary/aromatic N) is 4. The monoisotopic (exact) mass is 353 g/mol. The molecule has 3 heterocycles. The number of carbonyl (C=O) groups excluding carboxylic acids is 1. The summed E-state index contributed by atoms with van der Waals surface area (Å²) in [5, 5.41) is 7.44. The van der Waals surface area contributed by atoms with Gasteiger partial charge in [0.25, 0.3) is 11.5 Å². The Morgan fingerprint density at radius 2 is 2.08 bits per heavy atom. The van der Waals surface area contributed by atoms with E-state index in [-0.39, 0.29) is 23.3 Å². The van der Waals surface area contributed by atoms with Crippen LogP contribution in [0.3, 0.4) is 0 Å². The fraction of sp³-hybridized carbons (Fsp3) is 0.333. The lowest BCUT2D eigenvalue weighted by Gasteiger charge is -2.32. The van der Waals surface area contributed by atoms with Gasteiger partial charge < -0.3 is 14.2 Å². The smallest absolute Gasteiger partial charge is 0.275 e. The number of imidazole rings is 1. The number of aryl methyl sites for hydroxylation is 2. The summed E-state index contributed by atoms with van der Waals surface area (Å²) in [6, 6.07) is 6.98. The van der Waals surface area contributed by atoms with E-state index in [1.807, 2.05) is 24.7 Å². The molecular weight excluding hydrogens is 334 g/mol. The third-order valence-electron chi connectivity index (χ3n) is 4.57. The summed E-state index contributed by atoms with van der Waals surface area (Å²) in [6.07, 6.45) is 1.64. The molecule has 4 rings (SSSR count). The van der Waals surface area contributed by atoms with Crippen LogP contribution < -0.4 is 5.56 Å². The first-order chi connectivity index (χ1) is 12.5. The summed E-state index contributed by atoms with van der Waals surface area (Å²) in [5.74, 6) is 0.566. The number of amides is 1. The van der Waals surface area contributed by atoms with Gasteiger partial charge in [0.15, 0.2) is 5.69 Å². The number of morpholine rings is 1. The number of H-pyrrole nitrogens is 1. The van der Waals surface area contributed by atoms with Crippen molar-refractivity contribution in [2.24, 2.45) is 7.05 Å². The molecule has 26 heavy (non-hydrogen) atoms. The number of fused-ring (bicyclic) bond motifs is 1. The van der Waals surface area contributed by atoms with E-state index >= 15 is 0 Å². The quantitative estimate of drug-likeness (QED) is 0.747. The van der Waals surface area contributed by atoms with Gasteiger partial charge in [-0.25, -0.2) is 10.1 Å². The molecule has 2 aromatic heterocycles. The van der Waals surface area contributed by atoms with Crippen LogP contribution in [0.2, 0.25) is 0 Å². The Labute approximate surface area is 149 Å². The van der Waals surface area contributed by atoms with Gasteiger partial charge in [-0.1, -0.05) is 18.2 Å². The molecule has 1 fully saturated rings. The maximum absolute atomic E-state index is 13.1. The molecule has 1 atom stereocenters. The third kappa shape index (κ3) is 2.78. The lowest BCUT2D eigenvalue weighted by atomic mass is 10.1. The first-order valence-corrected chi connectivity index (χ1v) is 8.43. The van der Waals surface area contributed by atoms with Crippen LogP contribution in [0.1, 0.15) is 28.1 Å². The Balaban J connectivity index is 1.66. The minimum absolute atomic E-state index is 0.225. The SMILES string of the molecule is Cc1cn(C)c(C2CN(C(=O)c3n[nH]c(=O)c4ccccc34)CCO2)n1. The van der Waals surface area contributed by atoms with E-state index in [4.69, 9.17) is 4.74 Å². The van der Waals surface area contributed by atoms with Crippen LogP contribution in [0.4, 0.5) is 0 Å². The van der Waals surface area contributed by atoms with Gasteiger partial charge in [0.05, 0.1) is 24.2 Å². The predicted octanol–water partition coefficient (Wildman–Crippen LogP) is 1.18. The van der Waals surface area contributed by atoms with Gasteiger partial charge in [0.1, 0.15) is 11.9 Å². The van der Waals surface area contributed by atoms with Crippen LogP contribution in [0.15, 0.2) is 35.3 Å². The number of hydrogen-bond donors (Lipinski definition) is 1. The maximum atomic E-state index is 13.1. The van der Waals surface area contributed by atoms with Gasteiger partial charge in [0, 0.05) is 25.2 Å². The van der Waals surface area contributed by atoms with Crippen molar-refractivity contribution >= 4 is 16.7 Å². The minimum atomic E-state index is -0.305. The van der Waals surface area contributed by atoms with E-state index < -0.39 is 0 Å². The molecule has 1 aromatic carbocycles. The molecular formula is C18H19N5O3. The van der Waals surface area contributed by atoms with E-state index in [2.05, 4.69) is 15.2 Å². The maximum Gasteiger partial charge on any atom is 0.275 e. The van der Waals surface area contributed by atoms with E-state index in [1.165, 1.54) is 0 Å². The van der Waals surface area contributed by atoms with Crippen LogP contribution in [0.5, 0.6) is 0 Å². The summed E-state index contributed by atoms with van der Waals surface area (Å²) in [6.45, 7) is 3.20. The van der Waals surface area contributed by atoms with Gasteiger partial charge in [-0.05, 0) is 13.0 Å². The average Bonchev–Trinajstić information content (AvgIpc) is 3.00. The van der Waals surface area contributed by atoms with Crippen molar-refractivity contribution in [3.05, 3.63) is 58.0 Å². The second kappa shape index (κ2) is 6.38. The molecule has 1 aliphatic rings. The topological polar surface area (TPSA) is 93.1 Å². The van der Waals surface area contributed by atoms with Crippen molar-refractivity contribution < 1.29 is 9.53 Å². The summed E-state index contributed by atoms with van der Waals surface area (Å²) >= 11 is 0. The van der Waals surface area contributed by atoms with Crippen molar-refractivity contribution in [1.82, 2.24) is 24.6 Å². The summed E-state index contributed by atoms with van der Waals surface area (Å²) < 4.78 is 7.74. The molecule has 1 amide bonds. The highest BCUT2D eigenvalue weighted by Crippen LogP contribution is 2.23. The first kappa shape index (κ1) is 16.5. The Morgan fingerprint density at radius 1 is 1.31 bits per heavy atom. The van der Waals surface area contributed by atoms with Gasteiger partial charge >= 0.3 is 0 Å². The largest absolute Gasteiger partial charge is 0.367 e. The van der Waals surface area contributed by atoms with Crippen molar-refractivity contribution in [2.45, 2.75) is 13.0 Å². The van der Waals surface area contributed by atoms with E-state index in [1.54, 1.807) is 29.2 Å².